The van der Waals surface area contributed by atoms with Gasteiger partial charge in [0.15, 0.2) is 0 Å². The normalized spacial score (nSPS) is 13.6. The van der Waals surface area contributed by atoms with Crippen molar-refractivity contribution in [2.45, 2.75) is 24.3 Å². The molecule has 0 aliphatic heterocycles. The molecule has 0 saturated heterocycles. The van der Waals surface area contributed by atoms with Gasteiger partial charge in [-0.15, -0.1) is 0 Å². The molecule has 0 fully saturated rings. The molecule has 10 heteroatoms. The summed E-state index contributed by atoms with van der Waals surface area (Å²) in [7, 11) is 0. The van der Waals surface area contributed by atoms with E-state index in [4.69, 9.17) is 11.6 Å². The number of carbonyl (C=O) groups excluding carboxylic acids is 1. The van der Waals surface area contributed by atoms with Gasteiger partial charge in [-0.3, -0.25) is 9.78 Å². The van der Waals surface area contributed by atoms with Crippen LogP contribution >= 0.6 is 11.6 Å². The topological polar surface area (TPSA) is 42.0 Å². The van der Waals surface area contributed by atoms with E-state index in [1.54, 1.807) is 48.5 Å². The minimum absolute atomic E-state index is 0.0605. The summed E-state index contributed by atoms with van der Waals surface area (Å²) in [6, 6.07) is 21.2. The van der Waals surface area contributed by atoms with E-state index in [1.165, 1.54) is 18.2 Å². The molecule has 0 radical (unpaired) electrons. The Morgan fingerprint density at radius 3 is 1.89 bits per heavy atom. The first-order valence-electron chi connectivity index (χ1n) is 11.2. The predicted molar refractivity (Wildman–Crippen MR) is 131 cm³/mol. The van der Waals surface area contributed by atoms with Crippen LogP contribution < -0.4 is 5.32 Å². The number of benzene rings is 3. The molecule has 3 nitrogen and oxygen atoms in total. The molecule has 196 valence electrons. The Bertz CT molecular complexity index is 1420. The lowest BCUT2D eigenvalue weighted by Gasteiger charge is -2.36. The molecule has 4 rings (SSSR count). The summed E-state index contributed by atoms with van der Waals surface area (Å²) >= 11 is 6.36. The fraction of sp³-hybridized carbons (Fsp3) is 0.143. The number of alkyl halides is 6. The fourth-order valence-corrected chi connectivity index (χ4v) is 4.45. The quantitative estimate of drug-likeness (QED) is 0.251. The molecule has 1 atom stereocenters. The van der Waals surface area contributed by atoms with Crippen molar-refractivity contribution in [3.8, 4) is 0 Å². The number of nitrogens with one attached hydrogen (secondary N) is 1. The van der Waals surface area contributed by atoms with Crippen molar-refractivity contribution in [3.05, 3.63) is 136 Å². The van der Waals surface area contributed by atoms with Gasteiger partial charge in [-0.1, -0.05) is 72.3 Å². The standard InChI is InChI=1S/C28H19ClF6N2O/c29-23-15-22(28(33,34)35)17-36-24(23)26(16-18-8-3-1-4-9-18,37-25(38)19-10-5-2-6-11-19)20-12-7-13-21(14-20)27(30,31)32/h1-15,17H,16H2,(H,37,38). The molecule has 1 amide bonds. The second-order valence-electron chi connectivity index (χ2n) is 8.52. The molecule has 1 aromatic heterocycles. The zero-order chi connectivity index (χ0) is 27.6. The van der Waals surface area contributed by atoms with E-state index >= 15 is 0 Å². The highest BCUT2D eigenvalue weighted by Crippen LogP contribution is 2.41. The number of carbonyl (C=O) groups is 1. The lowest BCUT2D eigenvalue weighted by Crippen LogP contribution is -2.49. The van der Waals surface area contributed by atoms with Gasteiger partial charge < -0.3 is 5.32 Å². The second-order valence-corrected chi connectivity index (χ2v) is 8.93. The number of aromatic nitrogens is 1. The number of halogens is 7. The third kappa shape index (κ3) is 5.83. The number of amides is 1. The van der Waals surface area contributed by atoms with Gasteiger partial charge in [0.1, 0.15) is 5.54 Å². The number of hydrogen-bond donors (Lipinski definition) is 1. The maximum atomic E-state index is 13.7. The average Bonchev–Trinajstić information content (AvgIpc) is 2.88. The first-order valence-corrected chi connectivity index (χ1v) is 11.6. The van der Waals surface area contributed by atoms with E-state index in [1.807, 2.05) is 0 Å². The molecule has 38 heavy (non-hydrogen) atoms. The van der Waals surface area contributed by atoms with Crippen LogP contribution in [0.25, 0.3) is 0 Å². The van der Waals surface area contributed by atoms with E-state index in [-0.39, 0.29) is 23.2 Å². The number of rotatable bonds is 6. The highest BCUT2D eigenvalue weighted by Gasteiger charge is 2.42. The summed E-state index contributed by atoms with van der Waals surface area (Å²) in [5.74, 6) is -0.684. The summed E-state index contributed by atoms with van der Waals surface area (Å²) < 4.78 is 81.3. The third-order valence-electron chi connectivity index (χ3n) is 5.93. The molecule has 0 spiro atoms. The van der Waals surface area contributed by atoms with E-state index < -0.39 is 39.9 Å². The van der Waals surface area contributed by atoms with Crippen molar-refractivity contribution in [1.29, 1.82) is 0 Å². The van der Waals surface area contributed by atoms with Gasteiger partial charge in [-0.2, -0.15) is 26.3 Å². The van der Waals surface area contributed by atoms with Crippen LogP contribution in [0.2, 0.25) is 5.02 Å². The monoisotopic (exact) mass is 548 g/mol. The lowest BCUT2D eigenvalue weighted by atomic mass is 9.79. The number of pyridine rings is 1. The Labute approximate surface area is 219 Å². The first kappa shape index (κ1) is 27.2. The van der Waals surface area contributed by atoms with Gasteiger partial charge in [-0.05, 0) is 41.5 Å². The van der Waals surface area contributed by atoms with Gasteiger partial charge in [0.05, 0.1) is 21.8 Å². The zero-order valence-corrected chi connectivity index (χ0v) is 20.2. The van der Waals surface area contributed by atoms with Gasteiger partial charge in [0, 0.05) is 18.2 Å². The Kier molecular flexibility index (Phi) is 7.51. The zero-order valence-electron chi connectivity index (χ0n) is 19.4. The van der Waals surface area contributed by atoms with Crippen LogP contribution in [0, 0.1) is 0 Å². The lowest BCUT2D eigenvalue weighted by molar-refractivity contribution is -0.138. The van der Waals surface area contributed by atoms with Crippen LogP contribution in [0.3, 0.4) is 0 Å². The molecule has 0 aliphatic carbocycles. The van der Waals surface area contributed by atoms with E-state index in [9.17, 15) is 31.1 Å². The summed E-state index contributed by atoms with van der Waals surface area (Å²) in [6.45, 7) is 0. The molecule has 0 bridgehead atoms. The van der Waals surface area contributed by atoms with Crippen LogP contribution in [0.4, 0.5) is 26.3 Å². The van der Waals surface area contributed by atoms with E-state index in [0.29, 0.717) is 17.8 Å². The van der Waals surface area contributed by atoms with Gasteiger partial charge in [0.25, 0.3) is 5.91 Å². The largest absolute Gasteiger partial charge is 0.417 e. The summed E-state index contributed by atoms with van der Waals surface area (Å²) in [5, 5.41) is 2.30. The molecule has 3 aromatic carbocycles. The van der Waals surface area contributed by atoms with E-state index in [0.717, 1.165) is 18.2 Å². The van der Waals surface area contributed by atoms with Crippen LogP contribution in [-0.4, -0.2) is 10.9 Å². The summed E-state index contributed by atoms with van der Waals surface area (Å²) in [5.41, 5.74) is -3.58. The molecule has 0 saturated carbocycles. The molecular weight excluding hydrogens is 530 g/mol. The van der Waals surface area contributed by atoms with Crippen LogP contribution in [0.15, 0.2) is 97.2 Å². The maximum absolute atomic E-state index is 13.7. The summed E-state index contributed by atoms with van der Waals surface area (Å²) in [6.07, 6.45) is -9.11. The minimum Gasteiger partial charge on any atom is -0.336 e. The van der Waals surface area contributed by atoms with Crippen LogP contribution in [0.5, 0.6) is 0 Å². The van der Waals surface area contributed by atoms with Crippen molar-refractivity contribution >= 4 is 17.5 Å². The summed E-state index contributed by atoms with van der Waals surface area (Å²) in [4.78, 5) is 17.4. The first-order chi connectivity index (χ1) is 17.9. The van der Waals surface area contributed by atoms with Gasteiger partial charge >= 0.3 is 12.4 Å². The molecular formula is C28H19ClF6N2O. The Morgan fingerprint density at radius 1 is 0.737 bits per heavy atom. The maximum Gasteiger partial charge on any atom is 0.417 e. The predicted octanol–water partition coefficient (Wildman–Crippen LogP) is 7.69. The molecule has 0 aliphatic rings. The van der Waals surface area contributed by atoms with Crippen molar-refractivity contribution in [2.24, 2.45) is 0 Å². The van der Waals surface area contributed by atoms with Crippen LogP contribution in [-0.2, 0) is 24.3 Å². The SMILES string of the molecule is O=C(NC(Cc1ccccc1)(c1cccc(C(F)(F)F)c1)c1ncc(C(F)(F)F)cc1Cl)c1ccccc1. The molecule has 1 heterocycles. The highest BCUT2D eigenvalue weighted by atomic mass is 35.5. The third-order valence-corrected chi connectivity index (χ3v) is 6.22. The van der Waals surface area contributed by atoms with E-state index in [2.05, 4.69) is 10.3 Å². The minimum atomic E-state index is -4.76. The Balaban J connectivity index is 2.01. The van der Waals surface area contributed by atoms with Gasteiger partial charge in [-0.25, -0.2) is 0 Å². The Morgan fingerprint density at radius 2 is 1.32 bits per heavy atom. The van der Waals surface area contributed by atoms with Crippen molar-refractivity contribution in [2.75, 3.05) is 0 Å². The molecule has 4 aromatic rings. The van der Waals surface area contributed by atoms with Crippen molar-refractivity contribution in [3.63, 3.8) is 0 Å². The van der Waals surface area contributed by atoms with Gasteiger partial charge in [0.2, 0.25) is 0 Å². The van der Waals surface area contributed by atoms with Crippen LogP contribution in [0.1, 0.15) is 38.3 Å². The number of hydrogen-bond acceptors (Lipinski definition) is 2. The highest BCUT2D eigenvalue weighted by molar-refractivity contribution is 6.31. The Hall–Kier alpha value is -3.85. The molecule has 1 unspecified atom stereocenters. The molecule has 1 N–H and O–H groups in total. The number of nitrogens with zero attached hydrogens (tertiary/aromatic N) is 1. The smallest absolute Gasteiger partial charge is 0.336 e. The fourth-order valence-electron chi connectivity index (χ4n) is 4.12. The average molecular weight is 549 g/mol. The second kappa shape index (κ2) is 10.5. The van der Waals surface area contributed by atoms with Crippen molar-refractivity contribution < 1.29 is 31.1 Å². The van der Waals surface area contributed by atoms with Crippen molar-refractivity contribution in [1.82, 2.24) is 10.3 Å².